The Hall–Kier alpha value is -1.83. The van der Waals surface area contributed by atoms with Gasteiger partial charge in [0.1, 0.15) is 5.82 Å². The van der Waals surface area contributed by atoms with Crippen molar-refractivity contribution in [2.45, 2.75) is 57.2 Å². The zero-order valence-corrected chi connectivity index (χ0v) is 13.9. The average Bonchev–Trinajstić information content (AvgIpc) is 3.11. The summed E-state index contributed by atoms with van der Waals surface area (Å²) in [5, 5.41) is 11.7. The summed E-state index contributed by atoms with van der Waals surface area (Å²) in [6.45, 7) is 5.54. The molecule has 3 heterocycles. The zero-order chi connectivity index (χ0) is 16.9. The van der Waals surface area contributed by atoms with Crippen LogP contribution in [0.2, 0.25) is 0 Å². The molecule has 1 spiro atoms. The number of alkyl halides is 2. The first kappa shape index (κ1) is 15.7. The summed E-state index contributed by atoms with van der Waals surface area (Å²) in [6, 6.07) is 3.51. The number of anilines is 1. The largest absolute Gasteiger partial charge is 0.365 e. The van der Waals surface area contributed by atoms with E-state index in [1.54, 1.807) is 6.07 Å². The highest BCUT2D eigenvalue weighted by Gasteiger charge is 2.46. The second kappa shape index (κ2) is 5.34. The molecule has 2 aliphatic rings. The first-order chi connectivity index (χ1) is 11.4. The van der Waals surface area contributed by atoms with Crippen molar-refractivity contribution < 1.29 is 13.5 Å². The standard InChI is InChI=1S/C16H21F2N5O/c1-15(2)9-22(10-16(24-15)7-3-4-8-16)12-6-5-11-19-20-14(13(17)18)23(11)21-12/h5-6,13H,3-4,7-10H2,1-2H3. The Morgan fingerprint density at radius 1 is 1.12 bits per heavy atom. The lowest BCUT2D eigenvalue weighted by atomic mass is 9.94. The molecule has 8 heteroatoms. The van der Waals surface area contributed by atoms with Gasteiger partial charge in [-0.2, -0.15) is 4.52 Å². The van der Waals surface area contributed by atoms with Crippen LogP contribution in [-0.2, 0) is 4.74 Å². The molecule has 1 aliphatic heterocycles. The molecule has 2 fully saturated rings. The van der Waals surface area contributed by atoms with E-state index in [0.717, 1.165) is 36.7 Å². The molecule has 24 heavy (non-hydrogen) atoms. The van der Waals surface area contributed by atoms with Crippen molar-refractivity contribution >= 4 is 11.5 Å². The molecule has 0 bridgehead atoms. The molecular formula is C16H21F2N5O. The van der Waals surface area contributed by atoms with Crippen LogP contribution in [0.5, 0.6) is 0 Å². The minimum absolute atomic E-state index is 0.156. The van der Waals surface area contributed by atoms with Gasteiger partial charge in [0.2, 0.25) is 5.82 Å². The molecule has 4 rings (SSSR count). The number of halogens is 2. The fourth-order valence-electron chi connectivity index (χ4n) is 4.06. The van der Waals surface area contributed by atoms with Crippen LogP contribution < -0.4 is 4.90 Å². The normalized spacial score (nSPS) is 22.8. The maximum absolute atomic E-state index is 13.1. The SMILES string of the molecule is CC1(C)CN(c2ccc3nnc(C(F)F)n3n2)CC2(CCCC2)O1. The molecular weight excluding hydrogens is 316 g/mol. The van der Waals surface area contributed by atoms with Gasteiger partial charge >= 0.3 is 0 Å². The molecule has 1 saturated carbocycles. The van der Waals surface area contributed by atoms with E-state index in [1.165, 1.54) is 0 Å². The van der Waals surface area contributed by atoms with Gasteiger partial charge < -0.3 is 9.64 Å². The predicted octanol–water partition coefficient (Wildman–Crippen LogP) is 2.99. The minimum atomic E-state index is -2.70. The van der Waals surface area contributed by atoms with Gasteiger partial charge in [-0.3, -0.25) is 0 Å². The Morgan fingerprint density at radius 2 is 1.88 bits per heavy atom. The van der Waals surface area contributed by atoms with Crippen molar-refractivity contribution in [2.24, 2.45) is 0 Å². The highest BCUT2D eigenvalue weighted by atomic mass is 19.3. The van der Waals surface area contributed by atoms with Crippen LogP contribution in [0, 0.1) is 0 Å². The molecule has 2 aromatic heterocycles. The molecule has 0 unspecified atom stereocenters. The summed E-state index contributed by atoms with van der Waals surface area (Å²) in [5.74, 6) is 0.238. The molecule has 6 nitrogen and oxygen atoms in total. The first-order valence-corrected chi connectivity index (χ1v) is 8.33. The number of fused-ring (bicyclic) bond motifs is 1. The topological polar surface area (TPSA) is 55.6 Å². The number of aromatic nitrogens is 4. The molecule has 0 atom stereocenters. The summed E-state index contributed by atoms with van der Waals surface area (Å²) < 4.78 is 33.7. The van der Waals surface area contributed by atoms with Gasteiger partial charge in [-0.15, -0.1) is 15.3 Å². The van der Waals surface area contributed by atoms with Crippen molar-refractivity contribution in [3.8, 4) is 0 Å². The summed E-state index contributed by atoms with van der Waals surface area (Å²) in [5.41, 5.74) is -0.133. The van der Waals surface area contributed by atoms with Crippen LogP contribution in [0.25, 0.3) is 5.65 Å². The van der Waals surface area contributed by atoms with Crippen molar-refractivity contribution in [3.63, 3.8) is 0 Å². The van der Waals surface area contributed by atoms with Gasteiger partial charge in [0.05, 0.1) is 11.2 Å². The highest BCUT2D eigenvalue weighted by molar-refractivity contribution is 5.47. The molecule has 1 saturated heterocycles. The number of nitrogens with zero attached hydrogens (tertiary/aromatic N) is 5. The van der Waals surface area contributed by atoms with E-state index < -0.39 is 12.2 Å². The smallest absolute Gasteiger partial charge is 0.299 e. The third kappa shape index (κ3) is 2.62. The van der Waals surface area contributed by atoms with Crippen LogP contribution in [0.4, 0.5) is 14.6 Å². The van der Waals surface area contributed by atoms with Crippen molar-refractivity contribution in [1.82, 2.24) is 19.8 Å². The number of ether oxygens (including phenoxy) is 1. The molecule has 1 aliphatic carbocycles. The summed E-state index contributed by atoms with van der Waals surface area (Å²) in [4.78, 5) is 2.14. The van der Waals surface area contributed by atoms with Crippen molar-refractivity contribution in [2.75, 3.05) is 18.0 Å². The Labute approximate surface area is 138 Å². The van der Waals surface area contributed by atoms with Crippen molar-refractivity contribution in [3.05, 3.63) is 18.0 Å². The zero-order valence-electron chi connectivity index (χ0n) is 13.9. The van der Waals surface area contributed by atoms with E-state index in [-0.39, 0.29) is 11.2 Å². The number of rotatable bonds is 2. The fourth-order valence-corrected chi connectivity index (χ4v) is 4.06. The van der Waals surface area contributed by atoms with E-state index in [9.17, 15) is 8.78 Å². The van der Waals surface area contributed by atoms with Crippen LogP contribution in [-0.4, -0.2) is 44.1 Å². The van der Waals surface area contributed by atoms with E-state index in [4.69, 9.17) is 4.74 Å². The second-order valence-electron chi connectivity index (χ2n) is 7.43. The van der Waals surface area contributed by atoms with E-state index in [0.29, 0.717) is 18.0 Å². The Kier molecular flexibility index (Phi) is 3.49. The van der Waals surface area contributed by atoms with E-state index >= 15 is 0 Å². The lowest BCUT2D eigenvalue weighted by Gasteiger charge is -2.49. The number of hydrogen-bond donors (Lipinski definition) is 0. The second-order valence-corrected chi connectivity index (χ2v) is 7.43. The van der Waals surface area contributed by atoms with Crippen LogP contribution in [0.1, 0.15) is 51.8 Å². The van der Waals surface area contributed by atoms with Gasteiger partial charge in [-0.1, -0.05) is 12.8 Å². The Morgan fingerprint density at radius 3 is 2.58 bits per heavy atom. The van der Waals surface area contributed by atoms with E-state index in [1.807, 2.05) is 6.07 Å². The third-order valence-electron chi connectivity index (χ3n) is 4.85. The minimum Gasteiger partial charge on any atom is -0.365 e. The van der Waals surface area contributed by atoms with Gasteiger partial charge in [0, 0.05) is 13.1 Å². The predicted molar refractivity (Wildman–Crippen MR) is 84.3 cm³/mol. The van der Waals surface area contributed by atoms with Crippen molar-refractivity contribution in [1.29, 1.82) is 0 Å². The molecule has 0 radical (unpaired) electrons. The van der Waals surface area contributed by atoms with Crippen LogP contribution in [0.3, 0.4) is 0 Å². The summed E-state index contributed by atoms with van der Waals surface area (Å²) in [6.07, 6.45) is 1.69. The monoisotopic (exact) mass is 337 g/mol. The average molecular weight is 337 g/mol. The highest BCUT2D eigenvalue weighted by Crippen LogP contribution is 2.41. The van der Waals surface area contributed by atoms with Gasteiger partial charge in [0.25, 0.3) is 6.43 Å². The van der Waals surface area contributed by atoms with Crippen LogP contribution >= 0.6 is 0 Å². The molecule has 130 valence electrons. The first-order valence-electron chi connectivity index (χ1n) is 8.33. The molecule has 0 amide bonds. The van der Waals surface area contributed by atoms with Gasteiger partial charge in [-0.25, -0.2) is 8.78 Å². The summed E-state index contributed by atoms with van der Waals surface area (Å²) >= 11 is 0. The van der Waals surface area contributed by atoms with E-state index in [2.05, 4.69) is 34.0 Å². The molecule has 0 aromatic carbocycles. The number of morpholine rings is 1. The third-order valence-corrected chi connectivity index (χ3v) is 4.85. The molecule has 2 aromatic rings. The summed E-state index contributed by atoms with van der Waals surface area (Å²) in [7, 11) is 0. The van der Waals surface area contributed by atoms with Crippen LogP contribution in [0.15, 0.2) is 12.1 Å². The quantitative estimate of drug-likeness (QED) is 0.843. The number of hydrogen-bond acceptors (Lipinski definition) is 5. The lowest BCUT2D eigenvalue weighted by Crippen LogP contribution is -2.59. The Bertz CT molecular complexity index is 754. The lowest BCUT2D eigenvalue weighted by molar-refractivity contribution is -0.148. The Balaban J connectivity index is 1.71. The maximum atomic E-state index is 13.1. The maximum Gasteiger partial charge on any atom is 0.299 e. The van der Waals surface area contributed by atoms with Gasteiger partial charge in [0.15, 0.2) is 5.65 Å². The fraction of sp³-hybridized carbons (Fsp3) is 0.688. The van der Waals surface area contributed by atoms with Gasteiger partial charge in [-0.05, 0) is 38.8 Å². The molecule has 0 N–H and O–H groups in total.